The van der Waals surface area contributed by atoms with Crippen molar-refractivity contribution < 1.29 is 19.1 Å². The Morgan fingerprint density at radius 1 is 1.33 bits per heavy atom. The van der Waals surface area contributed by atoms with E-state index >= 15 is 0 Å². The van der Waals surface area contributed by atoms with Gasteiger partial charge in [-0.1, -0.05) is 6.08 Å². The lowest BCUT2D eigenvalue weighted by atomic mass is 10.1. The SMILES string of the molecule is C=CCN1C(N2CCN(CC(=O)OCC)CC2)=NC2C1C(=O)NC(=O)N2C. The van der Waals surface area contributed by atoms with Crippen LogP contribution in [0.2, 0.25) is 0 Å². The molecular weight excluding hydrogens is 352 g/mol. The molecule has 2 saturated heterocycles. The van der Waals surface area contributed by atoms with Gasteiger partial charge in [0.2, 0.25) is 0 Å². The zero-order valence-corrected chi connectivity index (χ0v) is 15.8. The maximum absolute atomic E-state index is 12.4. The Balaban J connectivity index is 1.70. The molecule has 2 unspecified atom stereocenters. The molecule has 0 aromatic rings. The summed E-state index contributed by atoms with van der Waals surface area (Å²) in [6.07, 6.45) is 1.18. The molecule has 0 aromatic carbocycles. The van der Waals surface area contributed by atoms with Crippen LogP contribution < -0.4 is 5.32 Å². The Labute approximate surface area is 158 Å². The number of ether oxygens (including phenoxy) is 1. The zero-order valence-electron chi connectivity index (χ0n) is 15.8. The molecule has 0 aliphatic carbocycles. The van der Waals surface area contributed by atoms with Gasteiger partial charge in [-0.3, -0.25) is 19.8 Å². The fourth-order valence-electron chi connectivity index (χ4n) is 3.60. The molecular formula is C17H26N6O4. The summed E-state index contributed by atoms with van der Waals surface area (Å²) >= 11 is 0. The van der Waals surface area contributed by atoms with Crippen LogP contribution in [0.3, 0.4) is 0 Å². The van der Waals surface area contributed by atoms with Crippen molar-refractivity contribution >= 4 is 23.9 Å². The Morgan fingerprint density at radius 2 is 2.04 bits per heavy atom. The molecule has 1 N–H and O–H groups in total. The number of fused-ring (bicyclic) bond motifs is 1. The minimum Gasteiger partial charge on any atom is -0.465 e. The summed E-state index contributed by atoms with van der Waals surface area (Å²) in [5.74, 6) is 0.127. The second kappa shape index (κ2) is 7.95. The quantitative estimate of drug-likeness (QED) is 0.479. The van der Waals surface area contributed by atoms with Gasteiger partial charge >= 0.3 is 12.0 Å². The van der Waals surface area contributed by atoms with Crippen LogP contribution in [0.15, 0.2) is 17.6 Å². The first-order valence-corrected chi connectivity index (χ1v) is 9.12. The molecule has 3 amide bonds. The normalized spacial score (nSPS) is 25.9. The number of likely N-dealkylation sites (N-methyl/N-ethyl adjacent to an activating group) is 1. The van der Waals surface area contributed by atoms with Crippen LogP contribution >= 0.6 is 0 Å². The van der Waals surface area contributed by atoms with E-state index in [1.165, 1.54) is 4.90 Å². The van der Waals surface area contributed by atoms with E-state index in [-0.39, 0.29) is 18.4 Å². The Morgan fingerprint density at radius 3 is 2.67 bits per heavy atom. The first-order chi connectivity index (χ1) is 13.0. The highest BCUT2D eigenvalue weighted by Gasteiger charge is 2.49. The molecule has 2 fully saturated rings. The van der Waals surface area contributed by atoms with Crippen molar-refractivity contribution in [1.82, 2.24) is 24.9 Å². The number of hydrogen-bond donors (Lipinski definition) is 1. The van der Waals surface area contributed by atoms with E-state index in [2.05, 4.69) is 21.8 Å². The van der Waals surface area contributed by atoms with Crippen molar-refractivity contribution in [3.63, 3.8) is 0 Å². The van der Waals surface area contributed by atoms with E-state index in [9.17, 15) is 14.4 Å². The molecule has 10 heteroatoms. The smallest absolute Gasteiger partial charge is 0.325 e. The highest BCUT2D eigenvalue weighted by Crippen LogP contribution is 2.25. The molecule has 0 saturated carbocycles. The van der Waals surface area contributed by atoms with Gasteiger partial charge in [0.05, 0.1) is 13.2 Å². The number of carbonyl (C=O) groups is 3. The van der Waals surface area contributed by atoms with E-state index in [4.69, 9.17) is 4.74 Å². The fraction of sp³-hybridized carbons (Fsp3) is 0.647. The molecule has 3 aliphatic rings. The summed E-state index contributed by atoms with van der Waals surface area (Å²) in [7, 11) is 1.63. The molecule has 10 nitrogen and oxygen atoms in total. The van der Waals surface area contributed by atoms with Crippen LogP contribution in [0.1, 0.15) is 6.92 Å². The third-order valence-corrected chi connectivity index (χ3v) is 4.98. The molecule has 148 valence electrons. The second-order valence-electron chi connectivity index (χ2n) is 6.70. The molecule has 27 heavy (non-hydrogen) atoms. The summed E-state index contributed by atoms with van der Waals surface area (Å²) in [5.41, 5.74) is 0. The van der Waals surface area contributed by atoms with Gasteiger partial charge < -0.3 is 19.4 Å². The first kappa shape index (κ1) is 19.2. The van der Waals surface area contributed by atoms with Crippen molar-refractivity contribution in [3.05, 3.63) is 12.7 Å². The summed E-state index contributed by atoms with van der Waals surface area (Å²) in [5, 5.41) is 2.37. The number of hydrogen-bond acceptors (Lipinski definition) is 8. The van der Waals surface area contributed by atoms with Crippen LogP contribution in [-0.4, -0.2) is 109 Å². The number of urea groups is 1. The van der Waals surface area contributed by atoms with Crippen molar-refractivity contribution in [2.75, 3.05) is 52.9 Å². The van der Waals surface area contributed by atoms with Crippen molar-refractivity contribution in [3.8, 4) is 0 Å². The third-order valence-electron chi connectivity index (χ3n) is 4.98. The maximum atomic E-state index is 12.4. The van der Waals surface area contributed by atoms with Gasteiger partial charge in [0.15, 0.2) is 18.2 Å². The molecule has 0 radical (unpaired) electrons. The van der Waals surface area contributed by atoms with Crippen molar-refractivity contribution in [1.29, 1.82) is 0 Å². The fourth-order valence-corrected chi connectivity index (χ4v) is 3.60. The van der Waals surface area contributed by atoms with Crippen LogP contribution in [0, 0.1) is 0 Å². The monoisotopic (exact) mass is 378 g/mol. The largest absolute Gasteiger partial charge is 0.465 e. The standard InChI is InChI=1S/C17H26N6O4/c1-4-6-23-13-14(20(3)17(26)19-15(13)25)18-16(23)22-9-7-21(8-10-22)11-12(24)27-5-2/h4,13-14H,1,5-11H2,2-3H3,(H,19,25,26). The molecule has 3 aliphatic heterocycles. The molecule has 3 rings (SSSR count). The molecule has 3 heterocycles. The van der Waals surface area contributed by atoms with Crippen LogP contribution in [0.5, 0.6) is 0 Å². The number of amides is 3. The average Bonchev–Trinajstić information content (AvgIpc) is 3.01. The number of nitrogens with zero attached hydrogens (tertiary/aromatic N) is 5. The van der Waals surface area contributed by atoms with Crippen LogP contribution in [0.4, 0.5) is 4.79 Å². The van der Waals surface area contributed by atoms with Gasteiger partial charge in [-0.05, 0) is 6.92 Å². The molecule has 2 atom stereocenters. The maximum Gasteiger partial charge on any atom is 0.325 e. The number of esters is 1. The number of nitrogens with one attached hydrogen (secondary N) is 1. The van der Waals surface area contributed by atoms with E-state index < -0.39 is 18.2 Å². The van der Waals surface area contributed by atoms with Gasteiger partial charge in [-0.2, -0.15) is 0 Å². The number of aliphatic imine (C=N–C) groups is 1. The molecule has 0 aromatic heterocycles. The van der Waals surface area contributed by atoms with E-state index in [0.29, 0.717) is 45.3 Å². The predicted molar refractivity (Wildman–Crippen MR) is 97.9 cm³/mol. The number of rotatable bonds is 5. The topological polar surface area (TPSA) is 97.8 Å². The van der Waals surface area contributed by atoms with Crippen LogP contribution in [-0.2, 0) is 14.3 Å². The summed E-state index contributed by atoms with van der Waals surface area (Å²) in [4.78, 5) is 48.1. The lowest BCUT2D eigenvalue weighted by Gasteiger charge is -2.39. The van der Waals surface area contributed by atoms with Crippen LogP contribution in [0.25, 0.3) is 0 Å². The van der Waals surface area contributed by atoms with E-state index in [1.54, 1.807) is 20.0 Å². The lowest BCUT2D eigenvalue weighted by Crippen LogP contribution is -2.64. The average molecular weight is 378 g/mol. The minimum absolute atomic E-state index is 0.222. The summed E-state index contributed by atoms with van der Waals surface area (Å²) < 4.78 is 5.00. The minimum atomic E-state index is -0.557. The number of guanidine groups is 1. The Hall–Kier alpha value is -2.62. The zero-order chi connectivity index (χ0) is 19.6. The number of imide groups is 1. The highest BCUT2D eigenvalue weighted by atomic mass is 16.5. The van der Waals surface area contributed by atoms with Gasteiger partial charge in [-0.15, -0.1) is 6.58 Å². The lowest BCUT2D eigenvalue weighted by molar-refractivity contribution is -0.144. The second-order valence-corrected chi connectivity index (χ2v) is 6.70. The van der Waals surface area contributed by atoms with Gasteiger partial charge in [0.1, 0.15) is 0 Å². The Kier molecular flexibility index (Phi) is 5.64. The number of piperazine rings is 1. The molecule has 0 spiro atoms. The van der Waals surface area contributed by atoms with E-state index in [0.717, 1.165) is 0 Å². The summed E-state index contributed by atoms with van der Waals surface area (Å²) in [6.45, 7) is 9.40. The predicted octanol–water partition coefficient (Wildman–Crippen LogP) is -1.10. The van der Waals surface area contributed by atoms with E-state index in [1.807, 2.05) is 9.80 Å². The summed E-state index contributed by atoms with van der Waals surface area (Å²) in [6, 6.07) is -0.998. The van der Waals surface area contributed by atoms with Gasteiger partial charge in [0, 0.05) is 39.8 Å². The Bertz CT molecular complexity index is 658. The molecule has 0 bridgehead atoms. The van der Waals surface area contributed by atoms with Crippen molar-refractivity contribution in [2.45, 2.75) is 19.1 Å². The van der Waals surface area contributed by atoms with Crippen molar-refractivity contribution in [2.24, 2.45) is 4.99 Å². The first-order valence-electron chi connectivity index (χ1n) is 9.12. The van der Waals surface area contributed by atoms with Gasteiger partial charge in [-0.25, -0.2) is 9.79 Å². The third kappa shape index (κ3) is 3.75. The highest BCUT2D eigenvalue weighted by molar-refractivity contribution is 6.03. The van der Waals surface area contributed by atoms with Gasteiger partial charge in [0.25, 0.3) is 5.91 Å². The number of carbonyl (C=O) groups excluding carboxylic acids is 3.